The fraction of sp³-hybridized carbons (Fsp3) is 0.400. The monoisotopic (exact) mass is 246 g/mol. The highest BCUT2D eigenvalue weighted by Gasteiger charge is 2.21. The maximum atomic E-state index is 11.6. The molecule has 0 amide bonds. The van der Waals surface area contributed by atoms with Crippen molar-refractivity contribution >= 4 is 6.16 Å². The number of terminal acetylenes is 1. The second-order valence-corrected chi connectivity index (χ2v) is 4.89. The third-order valence-corrected chi connectivity index (χ3v) is 2.10. The van der Waals surface area contributed by atoms with Gasteiger partial charge in [0.05, 0.1) is 6.42 Å². The third kappa shape index (κ3) is 4.92. The molecule has 0 aliphatic carbocycles. The molecule has 3 nitrogen and oxygen atoms in total. The van der Waals surface area contributed by atoms with Crippen molar-refractivity contribution < 1.29 is 14.3 Å². The molecule has 1 rings (SSSR count). The topological polar surface area (TPSA) is 35.5 Å². The number of rotatable bonds is 3. The molecule has 0 aromatic heterocycles. The lowest BCUT2D eigenvalue weighted by Gasteiger charge is -2.22. The van der Waals surface area contributed by atoms with Crippen LogP contribution < -0.4 is 0 Å². The zero-order valence-corrected chi connectivity index (χ0v) is 11.0. The summed E-state index contributed by atoms with van der Waals surface area (Å²) in [5.74, 6) is 2.50. The van der Waals surface area contributed by atoms with Gasteiger partial charge in [-0.25, -0.2) is 4.79 Å². The molecule has 0 radical (unpaired) electrons. The first-order valence-corrected chi connectivity index (χ1v) is 5.80. The largest absolute Gasteiger partial charge is 0.509 e. The Balaban J connectivity index is 2.71. The predicted octanol–water partition coefficient (Wildman–Crippen LogP) is 3.70. The SMILES string of the molecule is C#CCC(OC(=O)OC(C)(C)C)c1ccccc1. The maximum absolute atomic E-state index is 11.6. The molecule has 0 bridgehead atoms. The van der Waals surface area contributed by atoms with Crippen molar-refractivity contribution in [3.8, 4) is 12.3 Å². The average molecular weight is 246 g/mol. The fourth-order valence-corrected chi connectivity index (χ4v) is 1.39. The number of ether oxygens (including phenoxy) is 2. The van der Waals surface area contributed by atoms with Gasteiger partial charge in [-0.15, -0.1) is 12.3 Å². The average Bonchev–Trinajstić information content (AvgIpc) is 2.27. The Hall–Kier alpha value is -1.95. The number of hydrogen-bond acceptors (Lipinski definition) is 3. The van der Waals surface area contributed by atoms with Gasteiger partial charge in [0.1, 0.15) is 11.7 Å². The Bertz CT molecular complexity index is 423. The highest BCUT2D eigenvalue weighted by Crippen LogP contribution is 2.22. The lowest BCUT2D eigenvalue weighted by Crippen LogP contribution is -2.25. The molecule has 1 aromatic carbocycles. The molecule has 0 heterocycles. The Labute approximate surface area is 108 Å². The van der Waals surface area contributed by atoms with Crippen molar-refractivity contribution in [1.29, 1.82) is 0 Å². The maximum Gasteiger partial charge on any atom is 0.509 e. The van der Waals surface area contributed by atoms with Crippen LogP contribution in [0.3, 0.4) is 0 Å². The first kappa shape index (κ1) is 14.1. The lowest BCUT2D eigenvalue weighted by molar-refractivity contribution is -0.0265. The van der Waals surface area contributed by atoms with Gasteiger partial charge in [-0.3, -0.25) is 0 Å². The molecule has 0 saturated carbocycles. The van der Waals surface area contributed by atoms with Crippen LogP contribution in [0.25, 0.3) is 0 Å². The van der Waals surface area contributed by atoms with Gasteiger partial charge in [-0.1, -0.05) is 30.3 Å². The van der Waals surface area contributed by atoms with Gasteiger partial charge >= 0.3 is 6.16 Å². The molecule has 0 saturated heterocycles. The normalized spacial score (nSPS) is 12.3. The molecule has 1 unspecified atom stereocenters. The highest BCUT2D eigenvalue weighted by atomic mass is 16.7. The first-order chi connectivity index (χ1) is 8.42. The van der Waals surface area contributed by atoms with E-state index in [2.05, 4.69) is 5.92 Å². The van der Waals surface area contributed by atoms with Crippen molar-refractivity contribution in [3.63, 3.8) is 0 Å². The first-order valence-electron chi connectivity index (χ1n) is 5.80. The van der Waals surface area contributed by atoms with Gasteiger partial charge < -0.3 is 9.47 Å². The number of benzene rings is 1. The summed E-state index contributed by atoms with van der Waals surface area (Å²) < 4.78 is 10.4. The van der Waals surface area contributed by atoms with Crippen LogP contribution in [0.4, 0.5) is 4.79 Å². The fourth-order valence-electron chi connectivity index (χ4n) is 1.39. The van der Waals surface area contributed by atoms with Crippen LogP contribution >= 0.6 is 0 Å². The minimum atomic E-state index is -0.702. The van der Waals surface area contributed by atoms with E-state index in [4.69, 9.17) is 15.9 Å². The van der Waals surface area contributed by atoms with Crippen LogP contribution in [0.2, 0.25) is 0 Å². The van der Waals surface area contributed by atoms with E-state index >= 15 is 0 Å². The number of carbonyl (C=O) groups excluding carboxylic acids is 1. The summed E-state index contributed by atoms with van der Waals surface area (Å²) in [6.07, 6.45) is 4.44. The van der Waals surface area contributed by atoms with Crippen LogP contribution in [0, 0.1) is 12.3 Å². The van der Waals surface area contributed by atoms with Crippen LogP contribution in [0.15, 0.2) is 30.3 Å². The van der Waals surface area contributed by atoms with Crippen molar-refractivity contribution in [2.24, 2.45) is 0 Å². The predicted molar refractivity (Wildman–Crippen MR) is 70.0 cm³/mol. The molecular weight excluding hydrogens is 228 g/mol. The minimum Gasteiger partial charge on any atom is -0.429 e. The lowest BCUT2D eigenvalue weighted by atomic mass is 10.1. The van der Waals surface area contributed by atoms with E-state index in [9.17, 15) is 4.79 Å². The van der Waals surface area contributed by atoms with Crippen molar-refractivity contribution in [2.45, 2.75) is 38.9 Å². The molecular formula is C15H18O3. The van der Waals surface area contributed by atoms with Gasteiger partial charge in [-0.05, 0) is 26.3 Å². The second-order valence-electron chi connectivity index (χ2n) is 4.89. The van der Waals surface area contributed by atoms with E-state index in [1.807, 2.05) is 30.3 Å². The van der Waals surface area contributed by atoms with E-state index in [1.54, 1.807) is 20.8 Å². The van der Waals surface area contributed by atoms with Crippen LogP contribution in [0.1, 0.15) is 38.9 Å². The quantitative estimate of drug-likeness (QED) is 0.602. The van der Waals surface area contributed by atoms with E-state index < -0.39 is 17.9 Å². The second kappa shape index (κ2) is 6.11. The minimum absolute atomic E-state index is 0.323. The van der Waals surface area contributed by atoms with Gasteiger partial charge in [0.25, 0.3) is 0 Å². The smallest absolute Gasteiger partial charge is 0.429 e. The summed E-state index contributed by atoms with van der Waals surface area (Å²) in [7, 11) is 0. The summed E-state index contributed by atoms with van der Waals surface area (Å²) in [4.78, 5) is 11.6. The highest BCUT2D eigenvalue weighted by molar-refractivity contribution is 5.61. The number of hydrogen-bond donors (Lipinski definition) is 0. The molecule has 1 aromatic rings. The molecule has 1 atom stereocenters. The zero-order valence-electron chi connectivity index (χ0n) is 11.0. The van der Waals surface area contributed by atoms with Crippen molar-refractivity contribution in [1.82, 2.24) is 0 Å². The van der Waals surface area contributed by atoms with Gasteiger partial charge in [0.2, 0.25) is 0 Å². The van der Waals surface area contributed by atoms with E-state index in [1.165, 1.54) is 0 Å². The van der Waals surface area contributed by atoms with Gasteiger partial charge in [0.15, 0.2) is 0 Å². The molecule has 0 aliphatic heterocycles. The summed E-state index contributed by atoms with van der Waals surface area (Å²) >= 11 is 0. The van der Waals surface area contributed by atoms with E-state index in [-0.39, 0.29) is 0 Å². The molecule has 0 aliphatic rings. The summed E-state index contributed by atoms with van der Waals surface area (Å²) in [5, 5.41) is 0. The van der Waals surface area contributed by atoms with Crippen LogP contribution in [-0.4, -0.2) is 11.8 Å². The molecule has 3 heteroatoms. The summed E-state index contributed by atoms with van der Waals surface area (Å²) in [6.45, 7) is 5.35. The molecule has 96 valence electrons. The Morgan fingerprint density at radius 2 is 1.94 bits per heavy atom. The zero-order chi connectivity index (χ0) is 13.6. The Morgan fingerprint density at radius 1 is 1.33 bits per heavy atom. The van der Waals surface area contributed by atoms with Gasteiger partial charge in [-0.2, -0.15) is 0 Å². The van der Waals surface area contributed by atoms with Crippen molar-refractivity contribution in [2.75, 3.05) is 0 Å². The van der Waals surface area contributed by atoms with Crippen LogP contribution in [0.5, 0.6) is 0 Å². The Morgan fingerprint density at radius 3 is 2.44 bits per heavy atom. The van der Waals surface area contributed by atoms with E-state index in [0.29, 0.717) is 6.42 Å². The molecule has 0 N–H and O–H groups in total. The number of carbonyl (C=O) groups is 1. The summed E-state index contributed by atoms with van der Waals surface area (Å²) in [6, 6.07) is 9.37. The summed E-state index contributed by atoms with van der Waals surface area (Å²) in [5.41, 5.74) is 0.287. The molecule has 18 heavy (non-hydrogen) atoms. The Kier molecular flexibility index (Phi) is 4.79. The molecule has 0 fully saturated rings. The third-order valence-electron chi connectivity index (χ3n) is 2.10. The van der Waals surface area contributed by atoms with Crippen molar-refractivity contribution in [3.05, 3.63) is 35.9 Å². The van der Waals surface area contributed by atoms with Gasteiger partial charge in [0, 0.05) is 0 Å². The van der Waals surface area contributed by atoms with Crippen LogP contribution in [-0.2, 0) is 9.47 Å². The van der Waals surface area contributed by atoms with E-state index in [0.717, 1.165) is 5.56 Å². The molecule has 0 spiro atoms. The standard InChI is InChI=1S/C15H18O3/c1-5-9-13(12-10-7-6-8-11-12)17-14(16)18-15(2,3)4/h1,6-8,10-11,13H,9H2,2-4H3.